The van der Waals surface area contributed by atoms with Crippen LogP contribution in [0, 0.1) is 23.7 Å². The summed E-state index contributed by atoms with van der Waals surface area (Å²) in [5, 5.41) is 0. The van der Waals surface area contributed by atoms with E-state index in [1.807, 2.05) is 19.1 Å². The molecule has 1 spiro atoms. The normalized spacial score (nSPS) is 38.7. The molecule has 6 fully saturated rings. The number of piperazine rings is 1. The Kier molecular flexibility index (Phi) is 7.19. The van der Waals surface area contributed by atoms with E-state index in [9.17, 15) is 0 Å². The van der Waals surface area contributed by atoms with E-state index in [0.29, 0.717) is 11.8 Å². The van der Waals surface area contributed by atoms with Crippen LogP contribution in [-0.4, -0.2) is 62.2 Å². The second kappa shape index (κ2) is 10.7. The standard InChI is InChI=1S/C33H44N2O6/c1-22-9-14-27-23(2)30(38-31-33(27)26(22)15-16-32(3,39-31)40-41-33)37-25-12-10-24(11-13-25)21-34-17-19-35(20-18-34)28-7-5-6-8-29(28)36-4/h5-8,10-13,22-23,26-27,30-31H,9,14-21H2,1-4H3/t22-,23-,26+,27+,30+,31-,32-,33-/m1/s1. The molecule has 2 aromatic carbocycles. The van der Waals surface area contributed by atoms with Gasteiger partial charge in [-0.15, -0.1) is 0 Å². The number of hydrogen-bond acceptors (Lipinski definition) is 8. The molecular formula is C33H44N2O6. The predicted octanol–water partition coefficient (Wildman–Crippen LogP) is 5.60. The number of nitrogens with zero attached hydrogens (tertiary/aromatic N) is 2. The summed E-state index contributed by atoms with van der Waals surface area (Å²) >= 11 is 0. The minimum Gasteiger partial charge on any atom is -0.495 e. The van der Waals surface area contributed by atoms with Crippen LogP contribution < -0.4 is 14.4 Å². The first-order valence-electron chi connectivity index (χ1n) is 15.4. The van der Waals surface area contributed by atoms with Gasteiger partial charge in [0.2, 0.25) is 12.1 Å². The van der Waals surface area contributed by atoms with Gasteiger partial charge in [0, 0.05) is 51.0 Å². The van der Waals surface area contributed by atoms with Crippen LogP contribution in [0.5, 0.6) is 11.5 Å². The number of methoxy groups -OCH3 is 1. The summed E-state index contributed by atoms with van der Waals surface area (Å²) in [6, 6.07) is 16.8. The molecule has 41 heavy (non-hydrogen) atoms. The van der Waals surface area contributed by atoms with Gasteiger partial charge in [-0.1, -0.05) is 38.1 Å². The van der Waals surface area contributed by atoms with Gasteiger partial charge < -0.3 is 23.8 Å². The van der Waals surface area contributed by atoms with E-state index < -0.39 is 24.0 Å². The molecule has 0 unspecified atom stereocenters. The van der Waals surface area contributed by atoms with Gasteiger partial charge in [0.25, 0.3) is 0 Å². The van der Waals surface area contributed by atoms with Crippen LogP contribution in [0.4, 0.5) is 5.69 Å². The average molecular weight is 565 g/mol. The summed E-state index contributed by atoms with van der Waals surface area (Å²) in [5.41, 5.74) is 1.90. The fourth-order valence-electron chi connectivity index (χ4n) is 8.11. The Labute approximate surface area is 243 Å². The predicted molar refractivity (Wildman–Crippen MR) is 154 cm³/mol. The number of rotatable bonds is 6. The fraction of sp³-hybridized carbons (Fsp3) is 0.636. The van der Waals surface area contributed by atoms with Crippen molar-refractivity contribution >= 4 is 5.69 Å². The highest BCUT2D eigenvalue weighted by atomic mass is 17.3. The SMILES string of the molecule is COc1ccccc1N1CCN(Cc2ccc(O[C@H]3O[C@@H]4O[C@@]5(C)CC[C@H]6[C@H](C)CC[C@@H]([C@H]3C)[C@@]46OO5)cc2)CC1. The van der Waals surface area contributed by atoms with Gasteiger partial charge in [0.05, 0.1) is 12.8 Å². The Morgan fingerprint density at radius 3 is 2.46 bits per heavy atom. The lowest BCUT2D eigenvalue weighted by molar-refractivity contribution is -0.575. The van der Waals surface area contributed by atoms with E-state index >= 15 is 0 Å². The van der Waals surface area contributed by atoms with Crippen molar-refractivity contribution in [3.8, 4) is 11.5 Å². The number of fused-ring (bicyclic) bond motifs is 2. The third-order valence-electron chi connectivity index (χ3n) is 10.5. The number of para-hydroxylation sites is 2. The summed E-state index contributed by atoms with van der Waals surface area (Å²) in [4.78, 5) is 17.1. The van der Waals surface area contributed by atoms with Crippen molar-refractivity contribution in [3.05, 3.63) is 54.1 Å². The first-order valence-corrected chi connectivity index (χ1v) is 15.4. The van der Waals surface area contributed by atoms with Crippen molar-refractivity contribution in [2.24, 2.45) is 23.7 Å². The maximum atomic E-state index is 6.60. The molecule has 8 atom stereocenters. The van der Waals surface area contributed by atoms with Crippen molar-refractivity contribution in [2.45, 2.75) is 77.0 Å². The Hall–Kier alpha value is -2.36. The van der Waals surface area contributed by atoms with E-state index in [1.54, 1.807) is 7.11 Å². The molecule has 0 radical (unpaired) electrons. The maximum absolute atomic E-state index is 6.60. The van der Waals surface area contributed by atoms with Crippen LogP contribution in [0.2, 0.25) is 0 Å². The number of ether oxygens (including phenoxy) is 4. The van der Waals surface area contributed by atoms with Crippen molar-refractivity contribution in [1.82, 2.24) is 4.90 Å². The summed E-state index contributed by atoms with van der Waals surface area (Å²) in [6.07, 6.45) is 3.20. The molecule has 0 aromatic heterocycles. The molecule has 222 valence electrons. The smallest absolute Gasteiger partial charge is 0.205 e. The van der Waals surface area contributed by atoms with Gasteiger partial charge in [0.1, 0.15) is 11.5 Å². The van der Waals surface area contributed by atoms with Crippen LogP contribution in [0.15, 0.2) is 48.5 Å². The molecular weight excluding hydrogens is 520 g/mol. The van der Waals surface area contributed by atoms with Crippen LogP contribution in [0.3, 0.4) is 0 Å². The molecule has 8 nitrogen and oxygen atoms in total. The minimum atomic E-state index is -0.775. The summed E-state index contributed by atoms with van der Waals surface area (Å²) in [7, 11) is 1.74. The van der Waals surface area contributed by atoms with Gasteiger partial charge in [-0.2, -0.15) is 0 Å². The molecule has 1 aliphatic carbocycles. The van der Waals surface area contributed by atoms with Crippen LogP contribution in [0.1, 0.15) is 52.0 Å². The fourth-order valence-corrected chi connectivity index (χ4v) is 8.11. The maximum Gasteiger partial charge on any atom is 0.205 e. The average Bonchev–Trinajstić information content (AvgIpc) is 3.23. The molecule has 5 aliphatic heterocycles. The molecule has 8 heteroatoms. The molecule has 5 heterocycles. The van der Waals surface area contributed by atoms with Gasteiger partial charge >= 0.3 is 0 Å². The number of hydrogen-bond donors (Lipinski definition) is 0. The minimum absolute atomic E-state index is 0.148. The highest BCUT2D eigenvalue weighted by Crippen LogP contribution is 2.60. The largest absolute Gasteiger partial charge is 0.495 e. The molecule has 2 bridgehead atoms. The number of benzene rings is 2. The zero-order chi connectivity index (χ0) is 28.2. The van der Waals surface area contributed by atoms with Crippen molar-refractivity contribution in [3.63, 3.8) is 0 Å². The summed E-state index contributed by atoms with van der Waals surface area (Å²) in [6.45, 7) is 11.4. The van der Waals surface area contributed by atoms with Gasteiger partial charge in [-0.05, 0) is 67.9 Å². The Morgan fingerprint density at radius 2 is 1.68 bits per heavy atom. The molecule has 2 aromatic rings. The van der Waals surface area contributed by atoms with Crippen molar-refractivity contribution in [2.75, 3.05) is 38.2 Å². The lowest BCUT2D eigenvalue weighted by Crippen LogP contribution is -2.70. The third-order valence-corrected chi connectivity index (χ3v) is 10.5. The van der Waals surface area contributed by atoms with Crippen LogP contribution >= 0.6 is 0 Å². The van der Waals surface area contributed by atoms with Gasteiger partial charge in [-0.3, -0.25) is 4.90 Å². The first kappa shape index (κ1) is 27.5. The molecule has 6 aliphatic rings. The molecule has 0 N–H and O–H groups in total. The van der Waals surface area contributed by atoms with E-state index in [0.717, 1.165) is 63.5 Å². The zero-order valence-electron chi connectivity index (χ0n) is 24.8. The summed E-state index contributed by atoms with van der Waals surface area (Å²) in [5.74, 6) is 2.29. The number of anilines is 1. The lowest BCUT2D eigenvalue weighted by atomic mass is 9.58. The second-order valence-electron chi connectivity index (χ2n) is 13.0. The van der Waals surface area contributed by atoms with E-state index in [4.69, 9.17) is 28.7 Å². The van der Waals surface area contributed by atoms with Gasteiger partial charge in [0.15, 0.2) is 11.9 Å². The van der Waals surface area contributed by atoms with E-state index in [2.05, 4.69) is 60.0 Å². The molecule has 1 saturated carbocycles. The first-order chi connectivity index (χ1) is 19.9. The Balaban J connectivity index is 0.988. The quantitative estimate of drug-likeness (QED) is 0.420. The summed E-state index contributed by atoms with van der Waals surface area (Å²) < 4.78 is 25.2. The molecule has 0 amide bonds. The lowest BCUT2D eigenvalue weighted by Gasteiger charge is -2.60. The van der Waals surface area contributed by atoms with Crippen LogP contribution in [-0.2, 0) is 25.8 Å². The van der Waals surface area contributed by atoms with Crippen molar-refractivity contribution < 1.29 is 28.7 Å². The second-order valence-corrected chi connectivity index (χ2v) is 13.0. The van der Waals surface area contributed by atoms with Gasteiger partial charge in [-0.25, -0.2) is 9.78 Å². The topological polar surface area (TPSA) is 61.9 Å². The monoisotopic (exact) mass is 564 g/mol. The molecule has 8 rings (SSSR count). The third kappa shape index (κ3) is 4.82. The van der Waals surface area contributed by atoms with E-state index in [1.165, 1.54) is 17.7 Å². The highest BCUT2D eigenvalue weighted by molar-refractivity contribution is 5.58. The highest BCUT2D eigenvalue weighted by Gasteiger charge is 2.69. The molecule has 5 saturated heterocycles. The zero-order valence-corrected chi connectivity index (χ0v) is 24.8. The van der Waals surface area contributed by atoms with Crippen LogP contribution in [0.25, 0.3) is 0 Å². The Morgan fingerprint density at radius 1 is 0.902 bits per heavy atom. The van der Waals surface area contributed by atoms with E-state index in [-0.39, 0.29) is 11.8 Å². The van der Waals surface area contributed by atoms with Crippen molar-refractivity contribution in [1.29, 1.82) is 0 Å². The Bertz CT molecular complexity index is 1220.